The Kier molecular flexibility index (Phi) is 2.47. The van der Waals surface area contributed by atoms with Crippen LogP contribution in [-0.4, -0.2) is 49.7 Å². The number of fused-ring (bicyclic) bond motifs is 2. The van der Waals surface area contributed by atoms with Crippen molar-refractivity contribution in [1.82, 2.24) is 0 Å². The Hall–Kier alpha value is -0.650. The van der Waals surface area contributed by atoms with Gasteiger partial charge in [0.1, 0.15) is 12.2 Å². The summed E-state index contributed by atoms with van der Waals surface area (Å²) in [5.74, 6) is -0.655. The first-order valence-corrected chi connectivity index (χ1v) is 4.63. The molecule has 5 heteroatoms. The quantitative estimate of drug-likeness (QED) is 0.601. The van der Waals surface area contributed by atoms with Gasteiger partial charge in [-0.1, -0.05) is 0 Å². The maximum atomic E-state index is 11.3. The molecule has 2 rings (SSSR count). The van der Waals surface area contributed by atoms with Gasteiger partial charge >= 0.3 is 5.97 Å². The summed E-state index contributed by atoms with van der Waals surface area (Å²) in [6.07, 6.45) is -1.09. The molecule has 2 saturated heterocycles. The van der Waals surface area contributed by atoms with Crippen LogP contribution in [0, 0.1) is 5.92 Å². The molecule has 2 bridgehead atoms. The molecular formula is C9H14O5. The molecule has 0 aromatic rings. The summed E-state index contributed by atoms with van der Waals surface area (Å²) < 4.78 is 15.2. The fraction of sp³-hybridized carbons (Fsp3) is 0.889. The molecule has 0 aliphatic carbocycles. The maximum absolute atomic E-state index is 11.3. The minimum atomic E-state index is -0.720. The molecule has 0 radical (unpaired) electrons. The molecule has 0 aromatic heterocycles. The smallest absolute Gasteiger partial charge is 0.311 e. The van der Waals surface area contributed by atoms with Gasteiger partial charge in [0, 0.05) is 7.11 Å². The van der Waals surface area contributed by atoms with Gasteiger partial charge in [0.05, 0.1) is 25.2 Å². The van der Waals surface area contributed by atoms with Crippen LogP contribution in [0.5, 0.6) is 0 Å². The van der Waals surface area contributed by atoms with Crippen LogP contribution in [0.1, 0.15) is 6.42 Å². The highest BCUT2D eigenvalue weighted by molar-refractivity contribution is 5.73. The average Bonchev–Trinajstić information content (AvgIpc) is 2.73. The first kappa shape index (κ1) is 9.89. The third-order valence-electron chi connectivity index (χ3n) is 3.03. The van der Waals surface area contributed by atoms with Crippen LogP contribution in [0.4, 0.5) is 0 Å². The van der Waals surface area contributed by atoms with E-state index in [4.69, 9.17) is 9.47 Å². The normalized spacial score (nSPS) is 45.5. The van der Waals surface area contributed by atoms with Crippen LogP contribution >= 0.6 is 0 Å². The van der Waals surface area contributed by atoms with Gasteiger partial charge in [-0.05, 0) is 6.42 Å². The van der Waals surface area contributed by atoms with Gasteiger partial charge in [0.25, 0.3) is 0 Å². The van der Waals surface area contributed by atoms with Crippen molar-refractivity contribution in [2.24, 2.45) is 5.92 Å². The molecule has 2 fully saturated rings. The van der Waals surface area contributed by atoms with Gasteiger partial charge in [0.15, 0.2) is 0 Å². The van der Waals surface area contributed by atoms with E-state index in [1.165, 1.54) is 14.2 Å². The Bertz CT molecular complexity index is 239. The van der Waals surface area contributed by atoms with Crippen molar-refractivity contribution < 1.29 is 24.1 Å². The Balaban J connectivity index is 2.08. The number of ether oxygens (including phenoxy) is 3. The molecule has 14 heavy (non-hydrogen) atoms. The number of rotatable bonds is 2. The van der Waals surface area contributed by atoms with E-state index in [1.807, 2.05) is 0 Å². The molecule has 0 spiro atoms. The number of methoxy groups -OCH3 is 2. The van der Waals surface area contributed by atoms with Crippen LogP contribution in [0.25, 0.3) is 0 Å². The third kappa shape index (κ3) is 1.24. The molecule has 0 saturated carbocycles. The molecular weight excluding hydrogens is 188 g/mol. The van der Waals surface area contributed by atoms with Crippen LogP contribution in [0.15, 0.2) is 0 Å². The molecule has 3 unspecified atom stereocenters. The average molecular weight is 202 g/mol. The molecule has 2 aliphatic heterocycles. The van der Waals surface area contributed by atoms with E-state index in [1.54, 1.807) is 0 Å². The molecule has 0 amide bonds. The topological polar surface area (TPSA) is 65.0 Å². The number of hydrogen-bond acceptors (Lipinski definition) is 5. The summed E-state index contributed by atoms with van der Waals surface area (Å²) in [6, 6.07) is 0. The molecule has 1 N–H and O–H groups in total. The minimum Gasteiger partial charge on any atom is -0.469 e. The molecule has 5 nitrogen and oxygen atoms in total. The predicted octanol–water partition coefficient (Wildman–Crippen LogP) is -0.677. The lowest BCUT2D eigenvalue weighted by atomic mass is 9.85. The number of hydrogen-bond donors (Lipinski definition) is 1. The van der Waals surface area contributed by atoms with Gasteiger partial charge in [0.2, 0.25) is 0 Å². The summed E-state index contributed by atoms with van der Waals surface area (Å²) in [7, 11) is 2.87. The Morgan fingerprint density at radius 3 is 2.71 bits per heavy atom. The van der Waals surface area contributed by atoms with Gasteiger partial charge < -0.3 is 19.3 Å². The standard InChI is InChI=1S/C9H14O5/c1-12-8-5-3-4(9(11)13-2)7(14-5)6(8)10/h4-8,10H,3H2,1-2H3/t4?,5?,6-,7+,8?/m1/s1. The summed E-state index contributed by atoms with van der Waals surface area (Å²) >= 11 is 0. The lowest BCUT2D eigenvalue weighted by Gasteiger charge is -2.26. The lowest BCUT2D eigenvalue weighted by molar-refractivity contribution is -0.150. The van der Waals surface area contributed by atoms with E-state index < -0.39 is 12.2 Å². The Morgan fingerprint density at radius 2 is 2.21 bits per heavy atom. The molecule has 5 atom stereocenters. The number of aliphatic hydroxyl groups is 1. The Labute approximate surface area is 81.9 Å². The zero-order valence-electron chi connectivity index (χ0n) is 8.17. The SMILES string of the molecule is COC(=O)C1CC2O[C@@H]1[C@@H](O)C2OC. The molecule has 80 valence electrons. The van der Waals surface area contributed by atoms with Crippen LogP contribution in [0.2, 0.25) is 0 Å². The fourth-order valence-corrected chi connectivity index (χ4v) is 2.35. The van der Waals surface area contributed by atoms with E-state index in [0.29, 0.717) is 6.42 Å². The minimum absolute atomic E-state index is 0.177. The zero-order chi connectivity index (χ0) is 10.3. The number of carbonyl (C=O) groups excluding carboxylic acids is 1. The fourth-order valence-electron chi connectivity index (χ4n) is 2.35. The summed E-state index contributed by atoms with van der Waals surface area (Å²) in [4.78, 5) is 11.3. The largest absolute Gasteiger partial charge is 0.469 e. The summed E-state index contributed by atoms with van der Waals surface area (Å²) in [5.41, 5.74) is 0. The summed E-state index contributed by atoms with van der Waals surface area (Å²) in [6.45, 7) is 0. The first-order valence-electron chi connectivity index (χ1n) is 4.63. The lowest BCUT2D eigenvalue weighted by Crippen LogP contribution is -2.45. The van der Waals surface area contributed by atoms with Crippen molar-refractivity contribution >= 4 is 5.97 Å². The molecule has 0 aromatic carbocycles. The third-order valence-corrected chi connectivity index (χ3v) is 3.03. The van der Waals surface area contributed by atoms with E-state index in [-0.39, 0.29) is 24.1 Å². The van der Waals surface area contributed by atoms with Gasteiger partial charge in [-0.15, -0.1) is 0 Å². The van der Waals surface area contributed by atoms with Gasteiger partial charge in [-0.2, -0.15) is 0 Å². The van der Waals surface area contributed by atoms with Crippen molar-refractivity contribution in [3.63, 3.8) is 0 Å². The van der Waals surface area contributed by atoms with Crippen molar-refractivity contribution in [2.45, 2.75) is 30.8 Å². The van der Waals surface area contributed by atoms with Gasteiger partial charge in [-0.3, -0.25) is 4.79 Å². The van der Waals surface area contributed by atoms with Crippen molar-refractivity contribution in [3.05, 3.63) is 0 Å². The Morgan fingerprint density at radius 1 is 1.50 bits per heavy atom. The van der Waals surface area contributed by atoms with Crippen molar-refractivity contribution in [1.29, 1.82) is 0 Å². The maximum Gasteiger partial charge on any atom is 0.311 e. The zero-order valence-corrected chi connectivity index (χ0v) is 8.17. The van der Waals surface area contributed by atoms with E-state index in [9.17, 15) is 9.90 Å². The number of aliphatic hydroxyl groups excluding tert-OH is 1. The number of esters is 1. The van der Waals surface area contributed by atoms with Crippen molar-refractivity contribution in [2.75, 3.05) is 14.2 Å². The van der Waals surface area contributed by atoms with Gasteiger partial charge in [-0.25, -0.2) is 0 Å². The summed E-state index contributed by atoms with van der Waals surface area (Å²) in [5, 5.41) is 9.74. The van der Waals surface area contributed by atoms with Crippen LogP contribution in [-0.2, 0) is 19.0 Å². The van der Waals surface area contributed by atoms with E-state index in [2.05, 4.69) is 4.74 Å². The highest BCUT2D eigenvalue weighted by atomic mass is 16.6. The second-order valence-electron chi connectivity index (χ2n) is 3.70. The van der Waals surface area contributed by atoms with Crippen LogP contribution in [0.3, 0.4) is 0 Å². The van der Waals surface area contributed by atoms with E-state index >= 15 is 0 Å². The van der Waals surface area contributed by atoms with Crippen LogP contribution < -0.4 is 0 Å². The number of carbonyl (C=O) groups is 1. The predicted molar refractivity (Wildman–Crippen MR) is 45.6 cm³/mol. The second-order valence-corrected chi connectivity index (χ2v) is 3.70. The highest BCUT2D eigenvalue weighted by Gasteiger charge is 2.56. The van der Waals surface area contributed by atoms with E-state index in [0.717, 1.165) is 0 Å². The highest BCUT2D eigenvalue weighted by Crippen LogP contribution is 2.40. The first-order chi connectivity index (χ1) is 6.69. The molecule has 2 heterocycles. The second kappa shape index (κ2) is 3.49. The molecule has 2 aliphatic rings. The monoisotopic (exact) mass is 202 g/mol. The van der Waals surface area contributed by atoms with Crippen molar-refractivity contribution in [3.8, 4) is 0 Å².